The van der Waals surface area contributed by atoms with Gasteiger partial charge in [-0.3, -0.25) is 9.59 Å². The van der Waals surface area contributed by atoms with Gasteiger partial charge < -0.3 is 10.1 Å². The number of nitrogens with one attached hydrogen (secondary N) is 1. The molecule has 0 unspecified atom stereocenters. The van der Waals surface area contributed by atoms with E-state index in [4.69, 9.17) is 27.9 Å². The molecule has 1 N–H and O–H groups in total. The number of aromatic nitrogens is 1. The van der Waals surface area contributed by atoms with E-state index in [1.54, 1.807) is 24.3 Å². The Kier molecular flexibility index (Phi) is 6.12. The summed E-state index contributed by atoms with van der Waals surface area (Å²) in [7, 11) is 0. The summed E-state index contributed by atoms with van der Waals surface area (Å²) < 4.78 is 5.14. The van der Waals surface area contributed by atoms with Crippen LogP contribution in [0.25, 0.3) is 0 Å². The predicted octanol–water partition coefficient (Wildman–Crippen LogP) is 3.78. The molecule has 1 amide bonds. The quantitative estimate of drug-likeness (QED) is 0.484. The van der Waals surface area contributed by atoms with Crippen LogP contribution in [-0.4, -0.2) is 28.7 Å². The number of halogens is 2. The van der Waals surface area contributed by atoms with Crippen molar-refractivity contribution in [3.8, 4) is 0 Å². The second-order valence-corrected chi connectivity index (χ2v) is 5.93. The number of nitrogens with zero attached hydrogens (tertiary/aromatic N) is 1. The Morgan fingerprint density at radius 2 is 1.76 bits per heavy atom. The van der Waals surface area contributed by atoms with Gasteiger partial charge in [-0.2, -0.15) is 0 Å². The number of carbonyl (C=O) groups is 3. The van der Waals surface area contributed by atoms with E-state index in [-0.39, 0.29) is 27.4 Å². The smallest absolute Gasteiger partial charge is 0.340 e. The molecule has 0 saturated carbocycles. The number of rotatable bonds is 5. The molecule has 0 saturated heterocycles. The van der Waals surface area contributed by atoms with Crippen molar-refractivity contribution in [3.63, 3.8) is 0 Å². The number of esters is 1. The van der Waals surface area contributed by atoms with Crippen LogP contribution in [0.4, 0.5) is 5.69 Å². The summed E-state index contributed by atoms with van der Waals surface area (Å²) in [6, 6.07) is 7.58. The number of hydrogen-bond donors (Lipinski definition) is 1. The molecule has 0 aliphatic rings. The SMILES string of the molecule is CC(=O)Nc1ccc(C(=O)[C@H](C)OC(=O)c2cnc(Cl)c(Cl)c2)cc1. The number of pyridine rings is 1. The number of carbonyl (C=O) groups excluding carboxylic acids is 3. The monoisotopic (exact) mass is 380 g/mol. The highest BCUT2D eigenvalue weighted by Gasteiger charge is 2.21. The lowest BCUT2D eigenvalue weighted by atomic mass is 10.1. The van der Waals surface area contributed by atoms with Gasteiger partial charge >= 0.3 is 5.97 Å². The highest BCUT2D eigenvalue weighted by molar-refractivity contribution is 6.41. The number of amides is 1. The van der Waals surface area contributed by atoms with Crippen molar-refractivity contribution in [2.45, 2.75) is 20.0 Å². The first-order chi connectivity index (χ1) is 11.8. The molecule has 0 fully saturated rings. The minimum atomic E-state index is -1.01. The lowest BCUT2D eigenvalue weighted by Crippen LogP contribution is -2.24. The first-order valence-corrected chi connectivity index (χ1v) is 7.97. The van der Waals surface area contributed by atoms with Crippen molar-refractivity contribution in [1.82, 2.24) is 4.98 Å². The largest absolute Gasteiger partial charge is 0.451 e. The van der Waals surface area contributed by atoms with Gasteiger partial charge in [-0.25, -0.2) is 9.78 Å². The third-order valence-corrected chi connectivity index (χ3v) is 3.86. The summed E-state index contributed by atoms with van der Waals surface area (Å²) in [6.45, 7) is 2.85. The number of hydrogen-bond acceptors (Lipinski definition) is 5. The predicted molar refractivity (Wildman–Crippen MR) is 94.2 cm³/mol. The zero-order valence-corrected chi connectivity index (χ0v) is 14.9. The van der Waals surface area contributed by atoms with E-state index in [0.29, 0.717) is 11.3 Å². The fraction of sp³-hybridized carbons (Fsp3) is 0.176. The third kappa shape index (κ3) is 5.01. The van der Waals surface area contributed by atoms with E-state index >= 15 is 0 Å². The summed E-state index contributed by atoms with van der Waals surface area (Å²) >= 11 is 11.5. The Morgan fingerprint density at radius 3 is 2.32 bits per heavy atom. The van der Waals surface area contributed by atoms with Gasteiger partial charge in [-0.1, -0.05) is 23.2 Å². The second kappa shape index (κ2) is 8.09. The number of anilines is 1. The molecular formula is C17H14Cl2N2O4. The van der Waals surface area contributed by atoms with Crippen molar-refractivity contribution in [1.29, 1.82) is 0 Å². The average Bonchev–Trinajstić information content (AvgIpc) is 2.56. The number of benzene rings is 1. The fourth-order valence-electron chi connectivity index (χ4n) is 1.97. The van der Waals surface area contributed by atoms with Crippen molar-refractivity contribution < 1.29 is 19.1 Å². The van der Waals surface area contributed by atoms with Crippen LogP contribution in [0.15, 0.2) is 36.5 Å². The van der Waals surface area contributed by atoms with Gasteiger partial charge in [-0.05, 0) is 37.3 Å². The van der Waals surface area contributed by atoms with Crippen LogP contribution in [0, 0.1) is 0 Å². The molecule has 0 radical (unpaired) electrons. The van der Waals surface area contributed by atoms with Gasteiger partial charge in [0.25, 0.3) is 0 Å². The van der Waals surface area contributed by atoms with Crippen LogP contribution in [0.5, 0.6) is 0 Å². The normalized spacial score (nSPS) is 11.5. The molecule has 0 aliphatic heterocycles. The molecule has 2 rings (SSSR count). The highest BCUT2D eigenvalue weighted by Crippen LogP contribution is 2.20. The number of ketones is 1. The van der Waals surface area contributed by atoms with E-state index in [9.17, 15) is 14.4 Å². The van der Waals surface area contributed by atoms with E-state index in [2.05, 4.69) is 10.3 Å². The highest BCUT2D eigenvalue weighted by atomic mass is 35.5. The van der Waals surface area contributed by atoms with E-state index in [0.717, 1.165) is 0 Å². The Morgan fingerprint density at radius 1 is 1.12 bits per heavy atom. The molecule has 8 heteroatoms. The van der Waals surface area contributed by atoms with Crippen LogP contribution < -0.4 is 5.32 Å². The number of Topliss-reactive ketones (excluding diaryl/α,β-unsaturated/α-hetero) is 1. The topological polar surface area (TPSA) is 85.4 Å². The van der Waals surface area contributed by atoms with Crippen molar-refractivity contribution in [2.24, 2.45) is 0 Å². The zero-order chi connectivity index (χ0) is 18.6. The van der Waals surface area contributed by atoms with E-state index in [1.807, 2.05) is 0 Å². The summed E-state index contributed by atoms with van der Waals surface area (Å²) in [5, 5.41) is 2.78. The van der Waals surface area contributed by atoms with Gasteiger partial charge in [0.05, 0.1) is 10.6 Å². The zero-order valence-electron chi connectivity index (χ0n) is 13.4. The third-order valence-electron chi connectivity index (χ3n) is 3.17. The lowest BCUT2D eigenvalue weighted by Gasteiger charge is -2.13. The van der Waals surface area contributed by atoms with E-state index in [1.165, 1.54) is 26.1 Å². The van der Waals surface area contributed by atoms with Gasteiger partial charge in [0, 0.05) is 24.4 Å². The van der Waals surface area contributed by atoms with Gasteiger partial charge in [0.1, 0.15) is 5.15 Å². The van der Waals surface area contributed by atoms with Gasteiger partial charge in [0.15, 0.2) is 6.10 Å². The second-order valence-electron chi connectivity index (χ2n) is 5.17. The molecule has 130 valence electrons. The summed E-state index contributed by atoms with van der Waals surface area (Å²) in [4.78, 5) is 39.1. The molecule has 1 aromatic heterocycles. The summed E-state index contributed by atoms with van der Waals surface area (Å²) in [5.41, 5.74) is 1.01. The van der Waals surface area contributed by atoms with Crippen molar-refractivity contribution in [3.05, 3.63) is 57.8 Å². The maximum absolute atomic E-state index is 12.3. The average molecular weight is 381 g/mol. The molecule has 0 spiro atoms. The first-order valence-electron chi connectivity index (χ1n) is 7.22. The van der Waals surface area contributed by atoms with Gasteiger partial charge in [0.2, 0.25) is 11.7 Å². The maximum Gasteiger partial charge on any atom is 0.340 e. The van der Waals surface area contributed by atoms with Crippen LogP contribution in [0.3, 0.4) is 0 Å². The van der Waals surface area contributed by atoms with Crippen LogP contribution >= 0.6 is 23.2 Å². The van der Waals surface area contributed by atoms with E-state index < -0.39 is 12.1 Å². The Hall–Kier alpha value is -2.44. The molecule has 0 aliphatic carbocycles. The summed E-state index contributed by atoms with van der Waals surface area (Å²) in [6.07, 6.45) is 0.212. The minimum absolute atomic E-state index is 0.0709. The summed E-state index contributed by atoms with van der Waals surface area (Å²) in [5.74, 6) is -1.32. The van der Waals surface area contributed by atoms with Crippen molar-refractivity contribution in [2.75, 3.05) is 5.32 Å². The molecule has 1 atom stereocenters. The molecule has 1 heterocycles. The van der Waals surface area contributed by atoms with Crippen LogP contribution in [0.1, 0.15) is 34.6 Å². The molecule has 25 heavy (non-hydrogen) atoms. The Labute approximate surface area is 154 Å². The molecule has 1 aromatic carbocycles. The first kappa shape index (κ1) is 18.9. The molecular weight excluding hydrogens is 367 g/mol. The number of ether oxygens (including phenoxy) is 1. The molecule has 2 aromatic rings. The Bertz CT molecular complexity index is 822. The lowest BCUT2D eigenvalue weighted by molar-refractivity contribution is -0.114. The van der Waals surface area contributed by atoms with Gasteiger partial charge in [-0.15, -0.1) is 0 Å². The fourth-order valence-corrected chi connectivity index (χ4v) is 2.24. The Balaban J connectivity index is 2.05. The van der Waals surface area contributed by atoms with Crippen LogP contribution in [-0.2, 0) is 9.53 Å². The van der Waals surface area contributed by atoms with Crippen molar-refractivity contribution >= 4 is 46.5 Å². The standard InChI is InChI=1S/C17H14Cl2N2O4/c1-9(25-17(24)12-7-14(18)16(19)20-8-12)15(23)11-3-5-13(6-4-11)21-10(2)22/h3-9H,1-2H3,(H,21,22)/t9-/m0/s1. The van der Waals surface area contributed by atoms with Crippen LogP contribution in [0.2, 0.25) is 10.2 Å². The molecule has 6 nitrogen and oxygen atoms in total. The molecule has 0 bridgehead atoms. The minimum Gasteiger partial charge on any atom is -0.451 e. The maximum atomic E-state index is 12.3.